The Bertz CT molecular complexity index is 622. The number of amides is 3. The number of ether oxygens (including phenoxy) is 1. The molecule has 1 heterocycles. The molecule has 0 aliphatic carbocycles. The summed E-state index contributed by atoms with van der Waals surface area (Å²) in [6.07, 6.45) is 0. The van der Waals surface area contributed by atoms with Gasteiger partial charge in [-0.1, -0.05) is 0 Å². The zero-order valence-electron chi connectivity index (χ0n) is 11.5. The summed E-state index contributed by atoms with van der Waals surface area (Å²) in [6.45, 7) is 0.614. The Labute approximate surface area is 125 Å². The minimum Gasteiger partial charge on any atom is -0.370 e. The minimum atomic E-state index is -1.57. The second-order valence-corrected chi connectivity index (χ2v) is 4.63. The van der Waals surface area contributed by atoms with Gasteiger partial charge in [-0.05, 0) is 18.2 Å². The first-order valence-corrected chi connectivity index (χ1v) is 6.43. The van der Waals surface area contributed by atoms with Crippen molar-refractivity contribution in [3.8, 4) is 0 Å². The Morgan fingerprint density at radius 3 is 2.73 bits per heavy atom. The Morgan fingerprint density at radius 2 is 2.14 bits per heavy atom. The van der Waals surface area contributed by atoms with Crippen molar-refractivity contribution in [2.24, 2.45) is 11.5 Å². The van der Waals surface area contributed by atoms with Gasteiger partial charge in [0.2, 0.25) is 5.91 Å². The normalized spacial score (nSPS) is 16.3. The van der Waals surface area contributed by atoms with Gasteiger partial charge in [-0.25, -0.2) is 4.39 Å². The molecular formula is C13H15FN4O4. The van der Waals surface area contributed by atoms with E-state index in [0.717, 1.165) is 6.07 Å². The van der Waals surface area contributed by atoms with Crippen LogP contribution in [0.25, 0.3) is 0 Å². The highest BCUT2D eigenvalue weighted by atomic mass is 19.1. The van der Waals surface area contributed by atoms with Crippen LogP contribution >= 0.6 is 0 Å². The van der Waals surface area contributed by atoms with Gasteiger partial charge in [-0.3, -0.25) is 14.4 Å². The topological polar surface area (TPSA) is 128 Å². The number of anilines is 2. The lowest BCUT2D eigenvalue weighted by Crippen LogP contribution is -2.46. The summed E-state index contributed by atoms with van der Waals surface area (Å²) in [5.41, 5.74) is 10.3. The van der Waals surface area contributed by atoms with E-state index in [9.17, 15) is 18.8 Å². The summed E-state index contributed by atoms with van der Waals surface area (Å²) in [7, 11) is 0. The zero-order chi connectivity index (χ0) is 16.3. The average Bonchev–Trinajstić information content (AvgIpc) is 2.48. The lowest BCUT2D eigenvalue weighted by atomic mass is 10.2. The molecule has 0 radical (unpaired) electrons. The highest BCUT2D eigenvalue weighted by molar-refractivity contribution is 6.09. The number of nitrogens with one attached hydrogen (secondary N) is 1. The molecule has 0 bridgehead atoms. The van der Waals surface area contributed by atoms with E-state index in [4.69, 9.17) is 16.2 Å². The molecule has 1 aliphatic rings. The number of nitrogens with zero attached hydrogens (tertiary/aromatic N) is 1. The third kappa shape index (κ3) is 3.38. The molecule has 22 heavy (non-hydrogen) atoms. The van der Waals surface area contributed by atoms with E-state index in [2.05, 4.69) is 5.32 Å². The van der Waals surface area contributed by atoms with Gasteiger partial charge in [0, 0.05) is 12.2 Å². The number of halogens is 1. The summed E-state index contributed by atoms with van der Waals surface area (Å²) in [5, 5.41) is 2.16. The van der Waals surface area contributed by atoms with Crippen LogP contribution in [0.15, 0.2) is 18.2 Å². The molecule has 1 aliphatic heterocycles. The highest BCUT2D eigenvalue weighted by Gasteiger charge is 2.23. The highest BCUT2D eigenvalue weighted by Crippen LogP contribution is 2.23. The van der Waals surface area contributed by atoms with E-state index in [1.54, 1.807) is 0 Å². The molecule has 5 N–H and O–H groups in total. The molecule has 3 amide bonds. The Morgan fingerprint density at radius 1 is 1.41 bits per heavy atom. The fourth-order valence-corrected chi connectivity index (χ4v) is 1.90. The maximum atomic E-state index is 14.0. The maximum Gasteiger partial charge on any atom is 0.253 e. The van der Waals surface area contributed by atoms with Crippen molar-refractivity contribution in [3.63, 3.8) is 0 Å². The number of carbonyl (C=O) groups is 3. The molecule has 1 fully saturated rings. The second-order valence-electron chi connectivity index (χ2n) is 4.63. The van der Waals surface area contributed by atoms with Gasteiger partial charge in [0.25, 0.3) is 11.8 Å². The van der Waals surface area contributed by atoms with Crippen molar-refractivity contribution >= 4 is 29.1 Å². The van der Waals surface area contributed by atoms with Crippen LogP contribution in [0.4, 0.5) is 15.8 Å². The van der Waals surface area contributed by atoms with Crippen LogP contribution in [-0.2, 0) is 19.1 Å². The molecule has 0 spiro atoms. The minimum absolute atomic E-state index is 0.0619. The van der Waals surface area contributed by atoms with Gasteiger partial charge in [0.15, 0.2) is 6.04 Å². The molecular weight excluding hydrogens is 295 g/mol. The number of hydrogen-bond acceptors (Lipinski definition) is 5. The molecule has 2 rings (SSSR count). The predicted octanol–water partition coefficient (Wildman–Crippen LogP) is -1.06. The van der Waals surface area contributed by atoms with Crippen molar-refractivity contribution in [3.05, 3.63) is 24.0 Å². The van der Waals surface area contributed by atoms with E-state index in [1.165, 1.54) is 17.0 Å². The van der Waals surface area contributed by atoms with Crippen LogP contribution in [-0.4, -0.2) is 43.5 Å². The van der Waals surface area contributed by atoms with E-state index >= 15 is 0 Å². The molecule has 1 atom stereocenters. The number of hydrogen-bond donors (Lipinski definition) is 3. The monoisotopic (exact) mass is 310 g/mol. The predicted molar refractivity (Wildman–Crippen MR) is 75.4 cm³/mol. The van der Waals surface area contributed by atoms with Gasteiger partial charge in [-0.2, -0.15) is 0 Å². The Kier molecular flexibility index (Phi) is 4.68. The number of nitrogens with two attached hydrogens (primary N) is 2. The van der Waals surface area contributed by atoms with Gasteiger partial charge in [0.1, 0.15) is 12.4 Å². The van der Waals surface area contributed by atoms with Crippen molar-refractivity contribution in [2.45, 2.75) is 6.04 Å². The van der Waals surface area contributed by atoms with Gasteiger partial charge in [0.05, 0.1) is 12.3 Å². The average molecular weight is 310 g/mol. The molecule has 0 unspecified atom stereocenters. The Balaban J connectivity index is 2.14. The summed E-state index contributed by atoms with van der Waals surface area (Å²) in [6, 6.07) is 2.28. The van der Waals surface area contributed by atoms with Crippen molar-refractivity contribution in [2.75, 3.05) is 30.0 Å². The first kappa shape index (κ1) is 15.9. The van der Waals surface area contributed by atoms with E-state index in [-0.39, 0.29) is 18.2 Å². The van der Waals surface area contributed by atoms with Gasteiger partial charge < -0.3 is 26.4 Å². The number of benzene rings is 1. The van der Waals surface area contributed by atoms with E-state index < -0.39 is 23.7 Å². The van der Waals surface area contributed by atoms with Crippen LogP contribution in [0.2, 0.25) is 0 Å². The molecule has 1 aromatic rings. The molecule has 9 heteroatoms. The zero-order valence-corrected chi connectivity index (χ0v) is 11.5. The summed E-state index contributed by atoms with van der Waals surface area (Å²) >= 11 is 0. The van der Waals surface area contributed by atoms with Crippen LogP contribution in [0, 0.1) is 5.82 Å². The van der Waals surface area contributed by atoms with Crippen molar-refractivity contribution in [1.82, 2.24) is 0 Å². The lowest BCUT2D eigenvalue weighted by Gasteiger charge is -2.27. The van der Waals surface area contributed by atoms with Gasteiger partial charge >= 0.3 is 0 Å². The first-order chi connectivity index (χ1) is 10.4. The van der Waals surface area contributed by atoms with Crippen molar-refractivity contribution in [1.29, 1.82) is 0 Å². The fourth-order valence-electron chi connectivity index (χ4n) is 1.90. The van der Waals surface area contributed by atoms with E-state index in [0.29, 0.717) is 18.8 Å². The molecule has 8 nitrogen and oxygen atoms in total. The summed E-state index contributed by atoms with van der Waals surface area (Å²) in [4.78, 5) is 35.4. The fraction of sp³-hybridized carbons (Fsp3) is 0.308. The maximum absolute atomic E-state index is 14.0. The van der Waals surface area contributed by atoms with Crippen LogP contribution in [0.5, 0.6) is 0 Å². The van der Waals surface area contributed by atoms with Gasteiger partial charge in [-0.15, -0.1) is 0 Å². The molecule has 1 aromatic carbocycles. The van der Waals surface area contributed by atoms with Crippen LogP contribution in [0.1, 0.15) is 0 Å². The number of morpholine rings is 1. The number of primary amides is 1. The number of carbonyl (C=O) groups excluding carboxylic acids is 3. The quantitative estimate of drug-likeness (QED) is 0.611. The molecule has 1 saturated heterocycles. The molecule has 118 valence electrons. The standard InChI is InChI=1S/C13H15FN4O4/c14-8-5-7(18-3-4-22-6-10(18)19)1-2-9(8)17-13(21)11(15)12(16)20/h1-2,5,11H,3-4,6,15H2,(H2,16,20)(H,17,21)/t11-/m0/s1. The third-order valence-electron chi connectivity index (χ3n) is 3.10. The molecule has 0 saturated carbocycles. The summed E-state index contributed by atoms with van der Waals surface area (Å²) in [5.74, 6) is -2.98. The Hall–Kier alpha value is -2.52. The SMILES string of the molecule is NC(=O)[C@H](N)C(=O)Nc1ccc(N2CCOCC2=O)cc1F. The number of rotatable bonds is 4. The molecule has 0 aromatic heterocycles. The first-order valence-electron chi connectivity index (χ1n) is 6.43. The van der Waals surface area contributed by atoms with Crippen LogP contribution < -0.4 is 21.7 Å². The smallest absolute Gasteiger partial charge is 0.253 e. The van der Waals surface area contributed by atoms with Crippen molar-refractivity contribution < 1.29 is 23.5 Å². The second kappa shape index (κ2) is 6.50. The largest absolute Gasteiger partial charge is 0.370 e. The van der Waals surface area contributed by atoms with Crippen LogP contribution in [0.3, 0.4) is 0 Å². The van der Waals surface area contributed by atoms with E-state index in [1.807, 2.05) is 0 Å². The lowest BCUT2D eigenvalue weighted by molar-refractivity contribution is -0.127. The third-order valence-corrected chi connectivity index (χ3v) is 3.10. The summed E-state index contributed by atoms with van der Waals surface area (Å²) < 4.78 is 19.0.